The molecule has 1 aliphatic carbocycles. The predicted molar refractivity (Wildman–Crippen MR) is 74.0 cm³/mol. The number of ether oxygens (including phenoxy) is 1. The Bertz CT molecular complexity index is 474. The summed E-state index contributed by atoms with van der Waals surface area (Å²) in [6.45, 7) is 0.819. The highest BCUT2D eigenvalue weighted by atomic mass is 16.7. The third-order valence-electron chi connectivity index (χ3n) is 4.65. The molecular formula is C16H22NO3+. The molecule has 1 saturated heterocycles. The molecule has 1 saturated carbocycles. The summed E-state index contributed by atoms with van der Waals surface area (Å²) < 4.78 is 5.53. The maximum absolute atomic E-state index is 12.2. The zero-order chi connectivity index (χ0) is 14.0. The molecule has 0 bridgehead atoms. The van der Waals surface area contributed by atoms with Crippen LogP contribution in [0.2, 0.25) is 0 Å². The smallest absolute Gasteiger partial charge is 0.340 e. The lowest BCUT2D eigenvalue weighted by atomic mass is 9.75. The molecule has 2 aliphatic rings. The van der Waals surface area contributed by atoms with E-state index < -0.39 is 11.8 Å². The third kappa shape index (κ3) is 2.58. The maximum Gasteiger partial charge on any atom is 0.340 e. The topological polar surface area (TPSA) is 63.1 Å². The second-order valence-corrected chi connectivity index (χ2v) is 5.93. The minimum absolute atomic E-state index is 0.0673. The van der Waals surface area contributed by atoms with E-state index in [1.807, 2.05) is 6.07 Å². The first kappa shape index (κ1) is 13.6. The molecule has 20 heavy (non-hydrogen) atoms. The summed E-state index contributed by atoms with van der Waals surface area (Å²) in [6, 6.07) is 9.30. The van der Waals surface area contributed by atoms with E-state index in [1.54, 1.807) is 24.3 Å². The van der Waals surface area contributed by atoms with Crippen molar-refractivity contribution in [3.05, 3.63) is 35.9 Å². The van der Waals surface area contributed by atoms with Crippen LogP contribution in [0.25, 0.3) is 0 Å². The van der Waals surface area contributed by atoms with Gasteiger partial charge >= 0.3 is 5.97 Å². The van der Waals surface area contributed by atoms with Crippen molar-refractivity contribution in [1.29, 1.82) is 0 Å². The van der Waals surface area contributed by atoms with Crippen LogP contribution in [0.1, 0.15) is 42.5 Å². The van der Waals surface area contributed by atoms with Gasteiger partial charge in [0.15, 0.2) is 0 Å². The molecule has 4 nitrogen and oxygen atoms in total. The van der Waals surface area contributed by atoms with E-state index in [9.17, 15) is 9.90 Å². The molecule has 1 aromatic rings. The van der Waals surface area contributed by atoms with E-state index in [0.29, 0.717) is 18.0 Å². The van der Waals surface area contributed by atoms with Gasteiger partial charge in [0.2, 0.25) is 5.79 Å². The standard InChI is InChI=1S/C16H21NO3/c18-15(12-6-2-1-3-7-12)20-16(19)10-11-17-14-9-5-4-8-13(14)16/h1-3,6-7,13-14,17,19H,4-5,8-11H2/p+1/t13-,14+,16+/m0/s1. The molecule has 1 heterocycles. The van der Waals surface area contributed by atoms with E-state index in [0.717, 1.165) is 25.8 Å². The molecule has 0 amide bonds. The average molecular weight is 276 g/mol. The molecule has 0 aromatic heterocycles. The van der Waals surface area contributed by atoms with Crippen LogP contribution in [0.15, 0.2) is 30.3 Å². The number of quaternary nitrogens is 1. The fraction of sp³-hybridized carbons (Fsp3) is 0.562. The van der Waals surface area contributed by atoms with Crippen LogP contribution in [0.5, 0.6) is 0 Å². The van der Waals surface area contributed by atoms with Gasteiger partial charge < -0.3 is 15.2 Å². The van der Waals surface area contributed by atoms with Crippen molar-refractivity contribution in [1.82, 2.24) is 0 Å². The minimum Gasteiger partial charge on any atom is -0.429 e. The Labute approximate surface area is 119 Å². The molecule has 0 unspecified atom stereocenters. The first-order chi connectivity index (χ1) is 9.69. The summed E-state index contributed by atoms with van der Waals surface area (Å²) in [5.74, 6) is -1.63. The molecule has 108 valence electrons. The van der Waals surface area contributed by atoms with Gasteiger partial charge in [-0.2, -0.15) is 0 Å². The van der Waals surface area contributed by atoms with Crippen molar-refractivity contribution in [2.24, 2.45) is 5.92 Å². The van der Waals surface area contributed by atoms with Crippen LogP contribution in [-0.4, -0.2) is 29.4 Å². The van der Waals surface area contributed by atoms with Crippen LogP contribution in [-0.2, 0) is 4.74 Å². The summed E-state index contributed by atoms with van der Waals surface area (Å²) in [7, 11) is 0. The molecule has 3 atom stereocenters. The minimum atomic E-state index is -1.28. The number of piperidine rings is 1. The highest BCUT2D eigenvalue weighted by Gasteiger charge is 2.50. The molecule has 2 fully saturated rings. The molecule has 3 rings (SSSR count). The molecule has 3 N–H and O–H groups in total. The van der Waals surface area contributed by atoms with Gasteiger partial charge in [0.05, 0.1) is 30.5 Å². The van der Waals surface area contributed by atoms with E-state index in [1.165, 1.54) is 6.42 Å². The van der Waals surface area contributed by atoms with Crippen LogP contribution in [0, 0.1) is 5.92 Å². The average Bonchev–Trinajstić information content (AvgIpc) is 2.48. The number of carbonyl (C=O) groups is 1. The van der Waals surface area contributed by atoms with Gasteiger partial charge in [-0.3, -0.25) is 0 Å². The highest BCUT2D eigenvalue weighted by Crippen LogP contribution is 2.36. The van der Waals surface area contributed by atoms with Gasteiger partial charge in [0, 0.05) is 0 Å². The van der Waals surface area contributed by atoms with E-state index in [2.05, 4.69) is 5.32 Å². The first-order valence-electron chi connectivity index (χ1n) is 7.53. The number of rotatable bonds is 2. The Kier molecular flexibility index (Phi) is 3.76. The van der Waals surface area contributed by atoms with Gasteiger partial charge in [-0.05, 0) is 31.4 Å². The van der Waals surface area contributed by atoms with Crippen molar-refractivity contribution in [2.45, 2.75) is 43.9 Å². The lowest BCUT2D eigenvalue weighted by Crippen LogP contribution is -2.96. The number of carbonyl (C=O) groups excluding carboxylic acids is 1. The van der Waals surface area contributed by atoms with Crippen LogP contribution >= 0.6 is 0 Å². The number of nitrogens with two attached hydrogens (primary N) is 1. The van der Waals surface area contributed by atoms with E-state index in [4.69, 9.17) is 4.74 Å². The van der Waals surface area contributed by atoms with Crippen LogP contribution in [0.3, 0.4) is 0 Å². The lowest BCUT2D eigenvalue weighted by Gasteiger charge is -2.44. The number of hydrogen-bond donors (Lipinski definition) is 2. The van der Waals surface area contributed by atoms with Gasteiger partial charge in [-0.15, -0.1) is 0 Å². The Morgan fingerprint density at radius 1 is 1.25 bits per heavy atom. The highest BCUT2D eigenvalue weighted by molar-refractivity contribution is 5.89. The zero-order valence-electron chi connectivity index (χ0n) is 11.6. The predicted octanol–water partition coefficient (Wildman–Crippen LogP) is 1.06. The number of fused-ring (bicyclic) bond motifs is 1. The molecule has 4 heteroatoms. The number of benzene rings is 1. The number of esters is 1. The van der Waals surface area contributed by atoms with Crippen molar-refractivity contribution >= 4 is 5.97 Å². The van der Waals surface area contributed by atoms with Gasteiger partial charge in [-0.1, -0.05) is 24.6 Å². The second-order valence-electron chi connectivity index (χ2n) is 5.93. The van der Waals surface area contributed by atoms with E-state index >= 15 is 0 Å². The Morgan fingerprint density at radius 3 is 2.80 bits per heavy atom. The Balaban J connectivity index is 1.75. The fourth-order valence-electron chi connectivity index (χ4n) is 3.61. The molecule has 1 aromatic carbocycles. The quantitative estimate of drug-likeness (QED) is 0.627. The van der Waals surface area contributed by atoms with Gasteiger partial charge in [-0.25, -0.2) is 4.79 Å². The fourth-order valence-corrected chi connectivity index (χ4v) is 3.61. The first-order valence-corrected chi connectivity index (χ1v) is 7.53. The summed E-state index contributed by atoms with van der Waals surface area (Å²) in [5.41, 5.74) is 0.503. The van der Waals surface area contributed by atoms with Crippen molar-refractivity contribution in [2.75, 3.05) is 6.54 Å². The number of hydrogen-bond acceptors (Lipinski definition) is 3. The second kappa shape index (κ2) is 5.54. The lowest BCUT2D eigenvalue weighted by molar-refractivity contribution is -0.718. The SMILES string of the molecule is O=C(O[C@]1(O)CC[NH2+][C@@H]2CCCC[C@@H]21)c1ccccc1. The largest absolute Gasteiger partial charge is 0.429 e. The molecular weight excluding hydrogens is 254 g/mol. The monoisotopic (exact) mass is 276 g/mol. The zero-order valence-corrected chi connectivity index (χ0v) is 11.6. The summed E-state index contributed by atoms with van der Waals surface area (Å²) in [4.78, 5) is 12.2. The van der Waals surface area contributed by atoms with Crippen LogP contribution in [0.4, 0.5) is 0 Å². The molecule has 0 spiro atoms. The number of aliphatic hydroxyl groups is 1. The van der Waals surface area contributed by atoms with Crippen LogP contribution < -0.4 is 5.32 Å². The maximum atomic E-state index is 12.2. The summed E-state index contributed by atoms with van der Waals surface area (Å²) in [6.07, 6.45) is 4.89. The van der Waals surface area contributed by atoms with Crippen molar-refractivity contribution < 1.29 is 20.0 Å². The molecule has 0 radical (unpaired) electrons. The normalized spacial score (nSPS) is 33.2. The van der Waals surface area contributed by atoms with Gasteiger partial charge in [0.1, 0.15) is 0 Å². The van der Waals surface area contributed by atoms with Crippen molar-refractivity contribution in [3.63, 3.8) is 0 Å². The Hall–Kier alpha value is -1.39. The molecule has 1 aliphatic heterocycles. The van der Waals surface area contributed by atoms with Gasteiger partial charge in [0.25, 0.3) is 0 Å². The third-order valence-corrected chi connectivity index (χ3v) is 4.65. The van der Waals surface area contributed by atoms with E-state index in [-0.39, 0.29) is 5.92 Å². The Morgan fingerprint density at radius 2 is 2.00 bits per heavy atom. The summed E-state index contributed by atoms with van der Waals surface area (Å²) >= 11 is 0. The van der Waals surface area contributed by atoms with Crippen molar-refractivity contribution in [3.8, 4) is 0 Å². The summed E-state index contributed by atoms with van der Waals surface area (Å²) in [5, 5.41) is 13.1.